The van der Waals surface area contributed by atoms with Gasteiger partial charge in [0, 0.05) is 32.7 Å². The average molecular weight is 397 g/mol. The smallest absolute Gasteiger partial charge is 0.297 e. The molecule has 4 nitrogen and oxygen atoms in total. The summed E-state index contributed by atoms with van der Waals surface area (Å²) in [6, 6.07) is 2.36. The third-order valence-electron chi connectivity index (χ3n) is 3.97. The predicted molar refractivity (Wildman–Crippen MR) is 91.1 cm³/mol. The molecular formula is C16H20ClF3N2O2S. The lowest BCUT2D eigenvalue weighted by atomic mass is 10.2. The first kappa shape index (κ1) is 20.2. The Kier molecular flexibility index (Phi) is 6.19. The standard InChI is InChI=1S/C16H20ClF3N2O2S/c1-12(2)5-6-21-7-9-22(10-8-21)25(23,24)15-11-13(16(18,19)20)3-4-14(15)17/h3-5,11H,6-10H2,1-2H3. The van der Waals surface area contributed by atoms with Crippen molar-refractivity contribution in [2.75, 3.05) is 32.7 Å². The molecule has 0 saturated carbocycles. The van der Waals surface area contributed by atoms with E-state index in [1.807, 2.05) is 19.9 Å². The first-order valence-electron chi connectivity index (χ1n) is 7.74. The van der Waals surface area contributed by atoms with Crippen LogP contribution in [-0.4, -0.2) is 50.3 Å². The molecule has 0 amide bonds. The van der Waals surface area contributed by atoms with Gasteiger partial charge in [0.25, 0.3) is 0 Å². The highest BCUT2D eigenvalue weighted by Gasteiger charge is 2.35. The molecule has 9 heteroatoms. The van der Waals surface area contributed by atoms with Crippen LogP contribution in [0.4, 0.5) is 13.2 Å². The Morgan fingerprint density at radius 2 is 1.80 bits per heavy atom. The number of sulfonamides is 1. The van der Waals surface area contributed by atoms with Gasteiger partial charge in [0.2, 0.25) is 10.0 Å². The van der Waals surface area contributed by atoms with Gasteiger partial charge in [0.05, 0.1) is 10.6 Å². The van der Waals surface area contributed by atoms with Gasteiger partial charge >= 0.3 is 6.18 Å². The normalized spacial score (nSPS) is 17.5. The van der Waals surface area contributed by atoms with Gasteiger partial charge < -0.3 is 0 Å². The minimum atomic E-state index is -4.63. The summed E-state index contributed by atoms with van der Waals surface area (Å²) in [7, 11) is -4.07. The molecule has 1 heterocycles. The summed E-state index contributed by atoms with van der Waals surface area (Å²) in [5.74, 6) is 0. The van der Waals surface area contributed by atoms with Crippen molar-refractivity contribution < 1.29 is 21.6 Å². The van der Waals surface area contributed by atoms with Crippen molar-refractivity contribution in [3.05, 3.63) is 40.4 Å². The topological polar surface area (TPSA) is 40.6 Å². The number of benzene rings is 1. The van der Waals surface area contributed by atoms with E-state index in [9.17, 15) is 21.6 Å². The summed E-state index contributed by atoms with van der Waals surface area (Å²) in [6.07, 6.45) is -2.58. The first-order valence-corrected chi connectivity index (χ1v) is 9.56. The second kappa shape index (κ2) is 7.65. The Balaban J connectivity index is 2.19. The fraction of sp³-hybridized carbons (Fsp3) is 0.500. The molecule has 0 unspecified atom stereocenters. The number of halogens is 4. The molecule has 0 aromatic heterocycles. The summed E-state index contributed by atoms with van der Waals surface area (Å²) >= 11 is 5.87. The van der Waals surface area contributed by atoms with Gasteiger partial charge in [-0.3, -0.25) is 4.90 Å². The van der Waals surface area contributed by atoms with Crippen molar-refractivity contribution >= 4 is 21.6 Å². The van der Waals surface area contributed by atoms with E-state index in [0.717, 1.165) is 18.7 Å². The van der Waals surface area contributed by atoms with Crippen LogP contribution < -0.4 is 0 Å². The zero-order valence-electron chi connectivity index (χ0n) is 14.0. The van der Waals surface area contributed by atoms with E-state index in [2.05, 4.69) is 4.90 Å². The number of hydrogen-bond donors (Lipinski definition) is 0. The second-order valence-corrected chi connectivity index (χ2v) is 8.44. The lowest BCUT2D eigenvalue weighted by Crippen LogP contribution is -2.48. The molecule has 1 aliphatic heterocycles. The van der Waals surface area contributed by atoms with Crippen molar-refractivity contribution in [2.24, 2.45) is 0 Å². The molecule has 0 atom stereocenters. The van der Waals surface area contributed by atoms with E-state index >= 15 is 0 Å². The lowest BCUT2D eigenvalue weighted by Gasteiger charge is -2.33. The van der Waals surface area contributed by atoms with Gasteiger partial charge in [-0.2, -0.15) is 17.5 Å². The van der Waals surface area contributed by atoms with Gasteiger partial charge in [-0.15, -0.1) is 0 Å². The van der Waals surface area contributed by atoms with Crippen LogP contribution in [0, 0.1) is 0 Å². The van der Waals surface area contributed by atoms with Crippen LogP contribution in [0.15, 0.2) is 34.7 Å². The van der Waals surface area contributed by atoms with Crippen LogP contribution in [-0.2, 0) is 16.2 Å². The van der Waals surface area contributed by atoms with E-state index in [0.29, 0.717) is 19.2 Å². The van der Waals surface area contributed by atoms with Crippen molar-refractivity contribution in [2.45, 2.75) is 24.9 Å². The summed E-state index contributed by atoms with van der Waals surface area (Å²) in [6.45, 7) is 6.14. The fourth-order valence-electron chi connectivity index (χ4n) is 2.48. The molecule has 0 N–H and O–H groups in total. The Bertz CT molecular complexity index is 751. The van der Waals surface area contributed by atoms with Gasteiger partial charge in [-0.05, 0) is 32.0 Å². The highest BCUT2D eigenvalue weighted by atomic mass is 35.5. The highest BCUT2D eigenvalue weighted by Crippen LogP contribution is 2.34. The van der Waals surface area contributed by atoms with Gasteiger partial charge in [0.1, 0.15) is 4.90 Å². The molecule has 1 aliphatic rings. The first-order chi connectivity index (χ1) is 11.5. The summed E-state index contributed by atoms with van der Waals surface area (Å²) < 4.78 is 65.2. The van der Waals surface area contributed by atoms with E-state index in [-0.39, 0.29) is 18.1 Å². The number of nitrogens with zero attached hydrogens (tertiary/aromatic N) is 2. The predicted octanol–water partition coefficient (Wildman–Crippen LogP) is 3.63. The van der Waals surface area contributed by atoms with Crippen LogP contribution in [0.25, 0.3) is 0 Å². The third-order valence-corrected chi connectivity index (χ3v) is 6.35. The Morgan fingerprint density at radius 3 is 2.32 bits per heavy atom. The summed E-state index contributed by atoms with van der Waals surface area (Å²) in [5.41, 5.74) is 0.142. The van der Waals surface area contributed by atoms with Crippen LogP contribution in [0.2, 0.25) is 5.02 Å². The SMILES string of the molecule is CC(C)=CCN1CCN(S(=O)(=O)c2cc(C(F)(F)F)ccc2Cl)CC1. The minimum absolute atomic E-state index is 0.208. The van der Waals surface area contributed by atoms with E-state index in [1.54, 1.807) is 0 Å². The highest BCUT2D eigenvalue weighted by molar-refractivity contribution is 7.89. The zero-order chi connectivity index (χ0) is 18.8. The zero-order valence-corrected chi connectivity index (χ0v) is 15.5. The number of rotatable bonds is 4. The average Bonchev–Trinajstić information content (AvgIpc) is 2.52. The Morgan fingerprint density at radius 1 is 1.20 bits per heavy atom. The second-order valence-electron chi connectivity index (χ2n) is 6.13. The molecule has 140 valence electrons. The molecule has 25 heavy (non-hydrogen) atoms. The molecule has 2 rings (SSSR count). The lowest BCUT2D eigenvalue weighted by molar-refractivity contribution is -0.137. The van der Waals surface area contributed by atoms with E-state index in [1.165, 1.54) is 9.88 Å². The number of allylic oxidation sites excluding steroid dienone is 1. The van der Waals surface area contributed by atoms with Crippen LogP contribution in [0.3, 0.4) is 0 Å². The monoisotopic (exact) mass is 396 g/mol. The van der Waals surface area contributed by atoms with Crippen molar-refractivity contribution in [1.82, 2.24) is 9.21 Å². The molecule has 0 radical (unpaired) electrons. The maximum atomic E-state index is 12.9. The van der Waals surface area contributed by atoms with Gasteiger partial charge in [-0.1, -0.05) is 23.3 Å². The van der Waals surface area contributed by atoms with Crippen molar-refractivity contribution in [3.8, 4) is 0 Å². The van der Waals surface area contributed by atoms with E-state index < -0.39 is 26.7 Å². The molecule has 1 saturated heterocycles. The van der Waals surface area contributed by atoms with Crippen molar-refractivity contribution in [1.29, 1.82) is 0 Å². The molecule has 0 spiro atoms. The van der Waals surface area contributed by atoms with Crippen molar-refractivity contribution in [3.63, 3.8) is 0 Å². The quantitative estimate of drug-likeness (QED) is 0.730. The maximum Gasteiger partial charge on any atom is 0.416 e. The fourth-order valence-corrected chi connectivity index (χ4v) is 4.40. The van der Waals surface area contributed by atoms with Crippen LogP contribution >= 0.6 is 11.6 Å². The summed E-state index contributed by atoms with van der Waals surface area (Å²) in [4.78, 5) is 1.59. The molecule has 1 fully saturated rings. The maximum absolute atomic E-state index is 12.9. The Labute approximate surface area is 150 Å². The molecule has 0 bridgehead atoms. The third kappa shape index (κ3) is 4.97. The molecule has 1 aromatic rings. The number of hydrogen-bond acceptors (Lipinski definition) is 3. The van der Waals surface area contributed by atoms with Crippen LogP contribution in [0.5, 0.6) is 0 Å². The van der Waals surface area contributed by atoms with Gasteiger partial charge in [-0.25, -0.2) is 8.42 Å². The number of alkyl halides is 3. The number of piperazine rings is 1. The summed E-state index contributed by atoms with van der Waals surface area (Å²) in [5, 5.41) is -0.208. The largest absolute Gasteiger partial charge is 0.416 e. The molecule has 0 aliphatic carbocycles. The van der Waals surface area contributed by atoms with Gasteiger partial charge in [0.15, 0.2) is 0 Å². The Hall–Kier alpha value is -1.09. The molecule has 1 aromatic carbocycles. The minimum Gasteiger partial charge on any atom is -0.297 e. The van der Waals surface area contributed by atoms with E-state index in [4.69, 9.17) is 11.6 Å². The van der Waals surface area contributed by atoms with Crippen LogP contribution in [0.1, 0.15) is 19.4 Å². The molecular weight excluding hydrogens is 377 g/mol.